The molecule has 1 saturated carbocycles. The lowest BCUT2D eigenvalue weighted by Crippen LogP contribution is -2.70. The first-order valence-corrected chi connectivity index (χ1v) is 22.0. The normalized spacial score (nSPS) is 23.3. The molecule has 62 heavy (non-hydrogen) atoms. The number of nitro benzene ring substituents is 1. The number of non-ortho nitro benzene ring substituents is 1. The highest BCUT2D eigenvalue weighted by atomic mass is 16.7. The maximum absolute atomic E-state index is 14.5. The smallest absolute Gasteiger partial charge is 0.410 e. The molecule has 0 unspecified atom stereocenters. The Morgan fingerprint density at radius 3 is 2.45 bits per heavy atom. The molecule has 3 aliphatic rings. The molecule has 1 aliphatic heterocycles. The maximum Gasteiger partial charge on any atom is 0.410 e. The number of nitro groups is 1. The van der Waals surface area contributed by atoms with Crippen molar-refractivity contribution < 1.29 is 43.7 Å². The minimum Gasteiger partial charge on any atom is -0.459 e. The second-order valence-electron chi connectivity index (χ2n) is 17.7. The highest BCUT2D eigenvalue weighted by Gasteiger charge is 2.65. The van der Waals surface area contributed by atoms with Gasteiger partial charge in [-0.1, -0.05) is 94.2 Å². The number of aliphatic hydroxyl groups excluding tert-OH is 2. The molecule has 0 radical (unpaired) electrons. The van der Waals surface area contributed by atoms with Crippen molar-refractivity contribution in [3.05, 3.63) is 118 Å². The van der Waals surface area contributed by atoms with Crippen LogP contribution in [-0.2, 0) is 20.9 Å². The lowest BCUT2D eigenvalue weighted by Gasteiger charge is -2.60. The first-order chi connectivity index (χ1) is 29.9. The van der Waals surface area contributed by atoms with Crippen LogP contribution in [0.1, 0.15) is 96.1 Å². The molecule has 1 heterocycles. The number of hydrogen-bond donors (Lipinski definition) is 2. The van der Waals surface area contributed by atoms with E-state index in [-0.39, 0.29) is 68.3 Å². The van der Waals surface area contributed by atoms with E-state index in [9.17, 15) is 25.1 Å². The molecular formula is C49H63N3O10. The molecule has 0 bridgehead atoms. The van der Waals surface area contributed by atoms with Crippen LogP contribution >= 0.6 is 0 Å². The summed E-state index contributed by atoms with van der Waals surface area (Å²) in [5.41, 5.74) is 3.05. The second kappa shape index (κ2) is 21.2. The molecule has 0 saturated heterocycles. The Labute approximate surface area is 365 Å². The third-order valence-corrected chi connectivity index (χ3v) is 11.9. The minimum absolute atomic E-state index is 0.00545. The van der Waals surface area contributed by atoms with Crippen LogP contribution in [0, 0.1) is 33.3 Å². The summed E-state index contributed by atoms with van der Waals surface area (Å²) in [4.78, 5) is 33.6. The van der Waals surface area contributed by atoms with Crippen molar-refractivity contribution in [2.24, 2.45) is 28.3 Å². The maximum atomic E-state index is 14.5. The summed E-state index contributed by atoms with van der Waals surface area (Å²) < 4.78 is 26.8. The molecule has 1 amide bonds. The monoisotopic (exact) mass is 853 g/mol. The molecule has 0 spiro atoms. The molecule has 6 atom stereocenters. The molecule has 1 fully saturated rings. The number of oxime groups is 1. The van der Waals surface area contributed by atoms with Crippen molar-refractivity contribution in [1.29, 1.82) is 0 Å². The Kier molecular flexibility index (Phi) is 15.8. The van der Waals surface area contributed by atoms with Crippen LogP contribution in [0.25, 0.3) is 0 Å². The standard InChI is InChI=1S/C49H63N3O10/c1-6-24-51(47(55)58-33-48(3,4)5)44-31-42(50-60-32-34-16-9-8-10-17-34)40-28-35(18-11-13-25-53)39(21-12-14-26-54)45-41-30-38(61-37-20-15-19-36(29-37)52(56)57)22-23-43(41)62-49(44,46(40)45)59-27-7-2/h7-10,15-17,19-20,22-23,28-30,35,39,44-46,53-54H,2,6,11-14,18,21,24-27,31-33H2,1,3-5H3/t35-,39+,44-,45+,46+,49+/m0/s1. The van der Waals surface area contributed by atoms with Gasteiger partial charge in [0.2, 0.25) is 5.79 Å². The Balaban J connectivity index is 1.58. The molecular weight excluding hydrogens is 791 g/mol. The molecule has 334 valence electrons. The van der Waals surface area contributed by atoms with Gasteiger partial charge in [0.1, 0.15) is 29.9 Å². The molecule has 2 N–H and O–H groups in total. The van der Waals surface area contributed by atoms with Gasteiger partial charge in [-0.15, -0.1) is 6.58 Å². The van der Waals surface area contributed by atoms with E-state index in [2.05, 4.69) is 12.7 Å². The number of aliphatic hydroxyl groups is 2. The van der Waals surface area contributed by atoms with E-state index >= 15 is 0 Å². The van der Waals surface area contributed by atoms with Gasteiger partial charge in [-0.05, 0) is 84.8 Å². The van der Waals surface area contributed by atoms with E-state index in [1.165, 1.54) is 12.1 Å². The number of fused-ring (bicyclic) bond motifs is 2. The lowest BCUT2D eigenvalue weighted by molar-refractivity contribution is -0.384. The minimum atomic E-state index is -1.44. The van der Waals surface area contributed by atoms with Crippen LogP contribution in [0.2, 0.25) is 0 Å². The van der Waals surface area contributed by atoms with Crippen molar-refractivity contribution in [2.75, 3.05) is 33.0 Å². The van der Waals surface area contributed by atoms with Crippen LogP contribution in [0.15, 0.2) is 102 Å². The summed E-state index contributed by atoms with van der Waals surface area (Å²) in [6.45, 7) is 13.2. The van der Waals surface area contributed by atoms with Crippen LogP contribution in [0.4, 0.5) is 10.5 Å². The predicted octanol–water partition coefficient (Wildman–Crippen LogP) is 10.1. The van der Waals surface area contributed by atoms with Crippen molar-refractivity contribution in [3.63, 3.8) is 0 Å². The van der Waals surface area contributed by atoms with E-state index in [0.717, 1.165) is 42.4 Å². The Morgan fingerprint density at radius 2 is 1.76 bits per heavy atom. The van der Waals surface area contributed by atoms with Crippen LogP contribution in [-0.4, -0.2) is 76.6 Å². The Hall–Kier alpha value is -5.24. The van der Waals surface area contributed by atoms with Gasteiger partial charge in [0.15, 0.2) is 0 Å². The number of amides is 1. The molecule has 0 aromatic heterocycles. The summed E-state index contributed by atoms with van der Waals surface area (Å²) in [5.74, 6) is -0.879. The number of nitrogens with zero attached hydrogens (tertiary/aromatic N) is 3. The molecule has 13 nitrogen and oxygen atoms in total. The zero-order chi connectivity index (χ0) is 44.3. The Bertz CT molecular complexity index is 2050. The number of rotatable bonds is 21. The summed E-state index contributed by atoms with van der Waals surface area (Å²) in [6.07, 6.45) is 8.77. The third kappa shape index (κ3) is 10.9. The van der Waals surface area contributed by atoms with E-state index < -0.39 is 28.8 Å². The number of carbonyl (C=O) groups is 1. The fourth-order valence-corrected chi connectivity index (χ4v) is 9.24. The fraction of sp³-hybridized carbons (Fsp3) is 0.510. The number of hydrogen-bond acceptors (Lipinski definition) is 11. The van der Waals surface area contributed by atoms with Gasteiger partial charge < -0.3 is 34.0 Å². The van der Waals surface area contributed by atoms with E-state index in [1.54, 1.807) is 29.2 Å². The first kappa shape index (κ1) is 46.3. The van der Waals surface area contributed by atoms with Gasteiger partial charge in [0.05, 0.1) is 35.8 Å². The van der Waals surface area contributed by atoms with Gasteiger partial charge in [-0.2, -0.15) is 0 Å². The highest BCUT2D eigenvalue weighted by molar-refractivity contribution is 6.03. The first-order valence-electron chi connectivity index (χ1n) is 22.0. The van der Waals surface area contributed by atoms with Crippen molar-refractivity contribution in [3.8, 4) is 17.2 Å². The van der Waals surface area contributed by atoms with Gasteiger partial charge in [-0.25, -0.2) is 4.79 Å². The average Bonchev–Trinajstić information content (AvgIpc) is 3.26. The predicted molar refractivity (Wildman–Crippen MR) is 237 cm³/mol. The van der Waals surface area contributed by atoms with E-state index in [4.69, 9.17) is 28.9 Å². The van der Waals surface area contributed by atoms with Gasteiger partial charge in [0, 0.05) is 43.7 Å². The molecule has 3 aromatic carbocycles. The summed E-state index contributed by atoms with van der Waals surface area (Å²) >= 11 is 0. The second-order valence-corrected chi connectivity index (χ2v) is 17.7. The largest absolute Gasteiger partial charge is 0.459 e. The highest BCUT2D eigenvalue weighted by Crippen LogP contribution is 2.62. The van der Waals surface area contributed by atoms with Gasteiger partial charge in [-0.3, -0.25) is 15.0 Å². The quantitative estimate of drug-likeness (QED) is 0.0456. The number of benzene rings is 3. The van der Waals surface area contributed by atoms with Crippen LogP contribution in [0.3, 0.4) is 0 Å². The number of unbranched alkanes of at least 4 members (excludes halogenated alkanes) is 2. The average molecular weight is 854 g/mol. The Morgan fingerprint density at radius 1 is 1.02 bits per heavy atom. The molecule has 6 rings (SSSR count). The summed E-state index contributed by atoms with van der Waals surface area (Å²) in [6, 6.07) is 20.8. The zero-order valence-electron chi connectivity index (χ0n) is 36.6. The number of ether oxygens (including phenoxy) is 4. The summed E-state index contributed by atoms with van der Waals surface area (Å²) in [5, 5.41) is 36.4. The SMILES string of the molecule is C=CCO[C@@]12Oc3ccc(Oc4cccc([N+](=O)[O-])c4)cc3[C@H]3[C@H](CCCCO)[C@@H](CCCCO)C=C(C(=NOCc4ccccc4)C[C@@H]1N(CCC)C(=O)OCC(C)(C)C)[C@H]32. The van der Waals surface area contributed by atoms with E-state index in [1.807, 2.05) is 70.2 Å². The number of allylic oxidation sites excluding steroid dienone is 1. The zero-order valence-corrected chi connectivity index (χ0v) is 36.6. The lowest BCUT2D eigenvalue weighted by atomic mass is 9.55. The van der Waals surface area contributed by atoms with Gasteiger partial charge >= 0.3 is 6.09 Å². The van der Waals surface area contributed by atoms with Crippen molar-refractivity contribution in [2.45, 2.75) is 103 Å². The summed E-state index contributed by atoms with van der Waals surface area (Å²) in [7, 11) is 0. The van der Waals surface area contributed by atoms with E-state index in [0.29, 0.717) is 48.8 Å². The third-order valence-electron chi connectivity index (χ3n) is 11.9. The van der Waals surface area contributed by atoms with Crippen LogP contribution in [0.5, 0.6) is 17.2 Å². The van der Waals surface area contributed by atoms with Crippen molar-refractivity contribution in [1.82, 2.24) is 4.90 Å². The van der Waals surface area contributed by atoms with Gasteiger partial charge in [0.25, 0.3) is 5.69 Å². The fourth-order valence-electron chi connectivity index (χ4n) is 9.24. The topological polar surface area (TPSA) is 162 Å². The molecule has 13 heteroatoms. The number of carbonyl (C=O) groups excluding carboxylic acids is 1. The molecule has 3 aromatic rings. The van der Waals surface area contributed by atoms with Crippen molar-refractivity contribution >= 4 is 17.5 Å². The van der Waals surface area contributed by atoms with Crippen LogP contribution < -0.4 is 9.47 Å². The molecule has 2 aliphatic carbocycles.